The number of hydrogen-bond acceptors (Lipinski definition) is 1. The van der Waals surface area contributed by atoms with Gasteiger partial charge in [-0.3, -0.25) is 4.79 Å². The van der Waals surface area contributed by atoms with Crippen LogP contribution < -0.4 is 0 Å². The maximum atomic E-state index is 13.7. The molecule has 0 heterocycles. The van der Waals surface area contributed by atoms with Crippen LogP contribution in [0.15, 0.2) is 36.4 Å². The zero-order valence-electron chi connectivity index (χ0n) is 11.7. The van der Waals surface area contributed by atoms with E-state index in [0.717, 1.165) is 0 Å². The second-order valence-corrected chi connectivity index (χ2v) is 5.64. The molecule has 2 aromatic rings. The molecule has 0 fully saturated rings. The molecule has 0 unspecified atom stereocenters. The Morgan fingerprint density at radius 2 is 1.50 bits per heavy atom. The summed E-state index contributed by atoms with van der Waals surface area (Å²) in [5.74, 6) is -1.42. The van der Waals surface area contributed by atoms with E-state index in [1.807, 2.05) is 0 Å². The van der Waals surface area contributed by atoms with Crippen LogP contribution in [0.4, 0.5) is 8.78 Å². The van der Waals surface area contributed by atoms with Crippen LogP contribution in [0, 0.1) is 11.6 Å². The zero-order chi connectivity index (χ0) is 16.3. The van der Waals surface area contributed by atoms with Crippen LogP contribution in [0.25, 0.3) is 0 Å². The summed E-state index contributed by atoms with van der Waals surface area (Å²) in [6.45, 7) is -0.00356. The van der Waals surface area contributed by atoms with Gasteiger partial charge in [0, 0.05) is 34.8 Å². The maximum absolute atomic E-state index is 13.7. The third-order valence-electron chi connectivity index (χ3n) is 3.27. The lowest BCUT2D eigenvalue weighted by Gasteiger charge is -2.19. The SMILES string of the molecule is CN(Cc1c(F)cccc1Cl)C(=O)Cc1c(F)cccc1Cl. The van der Waals surface area contributed by atoms with Crippen molar-refractivity contribution in [1.82, 2.24) is 4.90 Å². The molecule has 22 heavy (non-hydrogen) atoms. The minimum absolute atomic E-state index is 0.00356. The quantitative estimate of drug-likeness (QED) is 0.801. The fraction of sp³-hybridized carbons (Fsp3) is 0.188. The lowest BCUT2D eigenvalue weighted by atomic mass is 10.1. The first-order valence-electron chi connectivity index (χ1n) is 6.50. The Kier molecular flexibility index (Phi) is 5.37. The number of halogens is 4. The molecule has 0 spiro atoms. The molecule has 0 radical (unpaired) electrons. The van der Waals surface area contributed by atoms with E-state index in [0.29, 0.717) is 0 Å². The van der Waals surface area contributed by atoms with Crippen LogP contribution in [0.5, 0.6) is 0 Å². The number of hydrogen-bond donors (Lipinski definition) is 0. The smallest absolute Gasteiger partial charge is 0.227 e. The topological polar surface area (TPSA) is 20.3 Å². The Labute approximate surface area is 137 Å². The van der Waals surface area contributed by atoms with E-state index in [-0.39, 0.29) is 40.0 Å². The van der Waals surface area contributed by atoms with Gasteiger partial charge in [0.15, 0.2) is 0 Å². The lowest BCUT2D eigenvalue weighted by Crippen LogP contribution is -2.28. The van der Waals surface area contributed by atoms with Crippen molar-refractivity contribution >= 4 is 29.1 Å². The number of likely N-dealkylation sites (N-methyl/N-ethyl adjacent to an activating group) is 1. The van der Waals surface area contributed by atoms with Gasteiger partial charge in [0.2, 0.25) is 5.91 Å². The second kappa shape index (κ2) is 7.07. The standard InChI is InChI=1S/C16H13Cl2F2NO/c1-21(9-11-13(18)5-3-7-15(11)20)16(22)8-10-12(17)4-2-6-14(10)19/h2-7H,8-9H2,1H3. The predicted octanol–water partition coefficient (Wildman–Crippen LogP) is 4.47. The molecule has 0 N–H and O–H groups in total. The molecule has 0 bridgehead atoms. The third-order valence-corrected chi connectivity index (χ3v) is 3.98. The van der Waals surface area contributed by atoms with Gasteiger partial charge in [-0.2, -0.15) is 0 Å². The van der Waals surface area contributed by atoms with Crippen molar-refractivity contribution in [3.05, 3.63) is 69.2 Å². The molecule has 2 rings (SSSR count). The highest BCUT2D eigenvalue weighted by atomic mass is 35.5. The summed E-state index contributed by atoms with van der Waals surface area (Å²) in [5, 5.41) is 0.425. The van der Waals surface area contributed by atoms with E-state index in [1.54, 1.807) is 6.07 Å². The summed E-state index contributed by atoms with van der Waals surface area (Å²) in [6, 6.07) is 8.53. The Bertz CT molecular complexity index is 666. The monoisotopic (exact) mass is 343 g/mol. The third kappa shape index (κ3) is 3.76. The molecule has 0 aliphatic heterocycles. The Morgan fingerprint density at radius 1 is 1.00 bits per heavy atom. The number of carbonyl (C=O) groups is 1. The summed E-state index contributed by atoms with van der Waals surface area (Å²) in [5.41, 5.74) is 0.347. The van der Waals surface area contributed by atoms with Crippen LogP contribution in [0.3, 0.4) is 0 Å². The molecule has 0 aromatic heterocycles. The first-order valence-corrected chi connectivity index (χ1v) is 7.25. The molecular formula is C16H13Cl2F2NO. The average molecular weight is 344 g/mol. The van der Waals surface area contributed by atoms with Gasteiger partial charge in [0.1, 0.15) is 11.6 Å². The molecule has 6 heteroatoms. The maximum Gasteiger partial charge on any atom is 0.227 e. The van der Waals surface area contributed by atoms with Gasteiger partial charge >= 0.3 is 0 Å². The van der Waals surface area contributed by atoms with Gasteiger partial charge in [-0.05, 0) is 24.3 Å². The molecule has 0 atom stereocenters. The van der Waals surface area contributed by atoms with Crippen molar-refractivity contribution in [3.63, 3.8) is 0 Å². The van der Waals surface area contributed by atoms with Gasteiger partial charge < -0.3 is 4.90 Å². The minimum atomic E-state index is -0.543. The highest BCUT2D eigenvalue weighted by Crippen LogP contribution is 2.22. The number of amides is 1. The summed E-state index contributed by atoms with van der Waals surface area (Å²) in [4.78, 5) is 13.5. The van der Waals surface area contributed by atoms with Crippen LogP contribution in [-0.2, 0) is 17.8 Å². The van der Waals surface area contributed by atoms with Crippen LogP contribution >= 0.6 is 23.2 Å². The Hall–Kier alpha value is -1.65. The zero-order valence-corrected chi connectivity index (χ0v) is 13.3. The van der Waals surface area contributed by atoms with Crippen molar-refractivity contribution in [2.75, 3.05) is 7.05 Å². The molecule has 0 saturated carbocycles. The fourth-order valence-electron chi connectivity index (χ4n) is 2.00. The summed E-state index contributed by atoms with van der Waals surface area (Å²) in [7, 11) is 1.50. The van der Waals surface area contributed by atoms with E-state index in [9.17, 15) is 13.6 Å². The molecule has 2 aromatic carbocycles. The van der Waals surface area contributed by atoms with Crippen molar-refractivity contribution in [3.8, 4) is 0 Å². The number of benzene rings is 2. The van der Waals surface area contributed by atoms with Crippen LogP contribution in [-0.4, -0.2) is 17.9 Å². The average Bonchev–Trinajstić information content (AvgIpc) is 2.46. The molecule has 1 amide bonds. The second-order valence-electron chi connectivity index (χ2n) is 4.83. The van der Waals surface area contributed by atoms with Gasteiger partial charge in [-0.15, -0.1) is 0 Å². The molecule has 116 valence electrons. The Morgan fingerprint density at radius 3 is 2.00 bits per heavy atom. The largest absolute Gasteiger partial charge is 0.341 e. The van der Waals surface area contributed by atoms with Gasteiger partial charge in [0.05, 0.1) is 6.42 Å². The minimum Gasteiger partial charge on any atom is -0.341 e. The highest BCUT2D eigenvalue weighted by molar-refractivity contribution is 6.31. The first kappa shape index (κ1) is 16.7. The van der Waals surface area contributed by atoms with Crippen LogP contribution in [0.2, 0.25) is 10.0 Å². The lowest BCUT2D eigenvalue weighted by molar-refractivity contribution is -0.129. The summed E-state index contributed by atoms with van der Waals surface area (Å²) in [6.07, 6.45) is -0.200. The number of carbonyl (C=O) groups excluding carboxylic acids is 1. The fourth-order valence-corrected chi connectivity index (χ4v) is 2.45. The number of nitrogens with zero attached hydrogens (tertiary/aromatic N) is 1. The van der Waals surface area contributed by atoms with E-state index in [1.165, 1.54) is 42.3 Å². The molecular weight excluding hydrogens is 331 g/mol. The molecule has 0 aliphatic rings. The molecule has 0 aliphatic carbocycles. The van der Waals surface area contributed by atoms with Gasteiger partial charge in [0.25, 0.3) is 0 Å². The van der Waals surface area contributed by atoms with E-state index in [2.05, 4.69) is 0 Å². The van der Waals surface area contributed by atoms with Gasteiger partial charge in [-0.25, -0.2) is 8.78 Å². The van der Waals surface area contributed by atoms with E-state index in [4.69, 9.17) is 23.2 Å². The van der Waals surface area contributed by atoms with E-state index < -0.39 is 11.6 Å². The normalized spacial score (nSPS) is 10.6. The predicted molar refractivity (Wildman–Crippen MR) is 83.0 cm³/mol. The number of rotatable bonds is 4. The van der Waals surface area contributed by atoms with Crippen molar-refractivity contribution < 1.29 is 13.6 Å². The molecule has 0 saturated heterocycles. The first-order chi connectivity index (χ1) is 10.4. The van der Waals surface area contributed by atoms with Gasteiger partial charge in [-0.1, -0.05) is 35.3 Å². The Balaban J connectivity index is 2.13. The van der Waals surface area contributed by atoms with Crippen LogP contribution in [0.1, 0.15) is 11.1 Å². The van der Waals surface area contributed by atoms with Crippen molar-refractivity contribution in [2.45, 2.75) is 13.0 Å². The highest BCUT2D eigenvalue weighted by Gasteiger charge is 2.17. The summed E-state index contributed by atoms with van der Waals surface area (Å²) < 4.78 is 27.4. The molecule has 2 nitrogen and oxygen atoms in total. The van der Waals surface area contributed by atoms with Crippen molar-refractivity contribution in [2.24, 2.45) is 0 Å². The van der Waals surface area contributed by atoms with E-state index >= 15 is 0 Å². The van der Waals surface area contributed by atoms with Crippen molar-refractivity contribution in [1.29, 1.82) is 0 Å². The summed E-state index contributed by atoms with van der Waals surface area (Å²) >= 11 is 11.8.